The quantitative estimate of drug-likeness (QED) is 0.730. The summed E-state index contributed by atoms with van der Waals surface area (Å²) >= 11 is 0. The van der Waals surface area contributed by atoms with E-state index in [2.05, 4.69) is 61.2 Å². The molecule has 2 unspecified atom stereocenters. The van der Waals surface area contributed by atoms with E-state index in [1.54, 1.807) is 0 Å². The van der Waals surface area contributed by atoms with Gasteiger partial charge in [-0.2, -0.15) is 0 Å². The fourth-order valence-electron chi connectivity index (χ4n) is 2.86. The highest BCUT2D eigenvalue weighted by Gasteiger charge is 2.25. The van der Waals surface area contributed by atoms with Crippen molar-refractivity contribution in [3.63, 3.8) is 0 Å². The topological polar surface area (TPSA) is 9.23 Å². The molecule has 1 heterocycles. The van der Waals surface area contributed by atoms with Crippen molar-refractivity contribution in [2.75, 3.05) is 0 Å². The fraction of sp³-hybridized carbons (Fsp3) is 0.263. The van der Waals surface area contributed by atoms with Gasteiger partial charge in [-0.25, -0.2) is 0 Å². The Morgan fingerprint density at radius 1 is 0.900 bits per heavy atom. The molecule has 2 aromatic rings. The van der Waals surface area contributed by atoms with Gasteiger partial charge in [-0.05, 0) is 30.4 Å². The Kier molecular flexibility index (Phi) is 3.98. The standard InChI is InChI=1S/C19H20O/c1-15-12-18(14-16-8-4-2-5-9-16)20-19(13-15)17-10-6-3-7-11-17/h2-11,18-19H,1,12-14H2. The minimum absolute atomic E-state index is 0.158. The number of hydrogen-bond donors (Lipinski definition) is 0. The first kappa shape index (κ1) is 13.1. The molecule has 0 aliphatic carbocycles. The lowest BCUT2D eigenvalue weighted by Crippen LogP contribution is -2.25. The summed E-state index contributed by atoms with van der Waals surface area (Å²) in [6.45, 7) is 4.20. The zero-order valence-electron chi connectivity index (χ0n) is 11.7. The van der Waals surface area contributed by atoms with Crippen LogP contribution in [0, 0.1) is 0 Å². The molecule has 1 saturated heterocycles. The summed E-state index contributed by atoms with van der Waals surface area (Å²) in [4.78, 5) is 0. The van der Waals surface area contributed by atoms with Crippen LogP contribution in [0.2, 0.25) is 0 Å². The number of ether oxygens (including phenoxy) is 1. The third-order valence-corrected chi connectivity index (χ3v) is 3.82. The van der Waals surface area contributed by atoms with Crippen LogP contribution in [0.15, 0.2) is 72.8 Å². The average Bonchev–Trinajstić information content (AvgIpc) is 2.49. The molecule has 0 bridgehead atoms. The highest BCUT2D eigenvalue weighted by molar-refractivity contribution is 5.22. The fourth-order valence-corrected chi connectivity index (χ4v) is 2.86. The van der Waals surface area contributed by atoms with Crippen LogP contribution < -0.4 is 0 Å². The molecule has 20 heavy (non-hydrogen) atoms. The number of hydrogen-bond acceptors (Lipinski definition) is 1. The van der Waals surface area contributed by atoms with Crippen LogP contribution in [-0.2, 0) is 11.2 Å². The average molecular weight is 264 g/mol. The highest BCUT2D eigenvalue weighted by Crippen LogP contribution is 2.34. The van der Waals surface area contributed by atoms with Crippen LogP contribution in [-0.4, -0.2) is 6.10 Å². The van der Waals surface area contributed by atoms with Gasteiger partial charge in [0.25, 0.3) is 0 Å². The lowest BCUT2D eigenvalue weighted by Gasteiger charge is -2.32. The van der Waals surface area contributed by atoms with E-state index in [4.69, 9.17) is 4.74 Å². The first-order valence-electron chi connectivity index (χ1n) is 7.22. The van der Waals surface area contributed by atoms with Crippen LogP contribution in [0.4, 0.5) is 0 Å². The van der Waals surface area contributed by atoms with Crippen molar-refractivity contribution in [3.8, 4) is 0 Å². The Hall–Kier alpha value is -1.86. The third kappa shape index (κ3) is 3.17. The Labute approximate surface area is 120 Å². The van der Waals surface area contributed by atoms with Crippen molar-refractivity contribution in [2.45, 2.75) is 31.5 Å². The third-order valence-electron chi connectivity index (χ3n) is 3.82. The minimum atomic E-state index is 0.158. The van der Waals surface area contributed by atoms with Crippen molar-refractivity contribution >= 4 is 0 Å². The zero-order chi connectivity index (χ0) is 13.8. The van der Waals surface area contributed by atoms with Gasteiger partial charge in [0.15, 0.2) is 0 Å². The summed E-state index contributed by atoms with van der Waals surface area (Å²) < 4.78 is 6.29. The maximum Gasteiger partial charge on any atom is 0.0865 e. The highest BCUT2D eigenvalue weighted by atomic mass is 16.5. The molecular formula is C19H20O. The van der Waals surface area contributed by atoms with E-state index in [9.17, 15) is 0 Å². The van der Waals surface area contributed by atoms with Gasteiger partial charge in [0.1, 0.15) is 0 Å². The Morgan fingerprint density at radius 3 is 2.25 bits per heavy atom. The molecule has 3 rings (SSSR count). The summed E-state index contributed by atoms with van der Waals surface area (Å²) in [6.07, 6.45) is 3.27. The number of rotatable bonds is 3. The Bertz CT molecular complexity index is 559. The maximum absolute atomic E-state index is 6.29. The molecule has 0 saturated carbocycles. The summed E-state index contributed by atoms with van der Waals surface area (Å²) in [5.74, 6) is 0. The van der Waals surface area contributed by atoms with E-state index >= 15 is 0 Å². The van der Waals surface area contributed by atoms with Crippen molar-refractivity contribution in [1.82, 2.24) is 0 Å². The second-order valence-corrected chi connectivity index (χ2v) is 5.51. The molecule has 102 valence electrons. The largest absolute Gasteiger partial charge is 0.369 e. The van der Waals surface area contributed by atoms with Gasteiger partial charge in [0.2, 0.25) is 0 Å². The Morgan fingerprint density at radius 2 is 1.55 bits per heavy atom. The molecule has 0 radical (unpaired) electrons. The molecule has 0 N–H and O–H groups in total. The molecule has 2 atom stereocenters. The minimum Gasteiger partial charge on any atom is -0.369 e. The van der Waals surface area contributed by atoms with E-state index in [1.165, 1.54) is 16.7 Å². The zero-order valence-corrected chi connectivity index (χ0v) is 11.7. The molecule has 0 spiro atoms. The molecule has 1 heteroatoms. The van der Waals surface area contributed by atoms with E-state index in [-0.39, 0.29) is 12.2 Å². The summed E-state index contributed by atoms with van der Waals surface area (Å²) in [6, 6.07) is 21.0. The molecule has 1 aliphatic rings. The predicted molar refractivity (Wildman–Crippen MR) is 82.6 cm³/mol. The lowest BCUT2D eigenvalue weighted by atomic mass is 9.92. The van der Waals surface area contributed by atoms with Crippen LogP contribution >= 0.6 is 0 Å². The molecule has 1 aliphatic heterocycles. The maximum atomic E-state index is 6.29. The monoisotopic (exact) mass is 264 g/mol. The molecule has 0 amide bonds. The van der Waals surface area contributed by atoms with E-state index in [0.29, 0.717) is 0 Å². The van der Waals surface area contributed by atoms with Crippen molar-refractivity contribution in [3.05, 3.63) is 83.9 Å². The molecular weight excluding hydrogens is 244 g/mol. The SMILES string of the molecule is C=C1CC(Cc2ccccc2)OC(c2ccccc2)C1. The van der Waals surface area contributed by atoms with Crippen molar-refractivity contribution in [1.29, 1.82) is 0 Å². The van der Waals surface area contributed by atoms with Gasteiger partial charge >= 0.3 is 0 Å². The van der Waals surface area contributed by atoms with Crippen molar-refractivity contribution in [2.24, 2.45) is 0 Å². The van der Waals surface area contributed by atoms with Crippen molar-refractivity contribution < 1.29 is 4.74 Å². The normalized spacial score (nSPS) is 22.7. The molecule has 0 aromatic heterocycles. The van der Waals surface area contributed by atoms with Gasteiger partial charge in [-0.1, -0.05) is 72.8 Å². The van der Waals surface area contributed by atoms with Crippen LogP contribution in [0.1, 0.15) is 30.1 Å². The second kappa shape index (κ2) is 6.06. The first-order chi connectivity index (χ1) is 9.81. The molecule has 2 aromatic carbocycles. The van der Waals surface area contributed by atoms with Gasteiger partial charge < -0.3 is 4.74 Å². The molecule has 1 nitrogen and oxygen atoms in total. The van der Waals surface area contributed by atoms with Crippen LogP contribution in [0.3, 0.4) is 0 Å². The predicted octanol–water partition coefficient (Wildman–Crippen LogP) is 4.71. The summed E-state index contributed by atoms with van der Waals surface area (Å²) in [5.41, 5.74) is 3.89. The lowest BCUT2D eigenvalue weighted by molar-refractivity contribution is -0.0319. The van der Waals surface area contributed by atoms with Gasteiger partial charge in [0, 0.05) is 0 Å². The van der Waals surface area contributed by atoms with Gasteiger partial charge in [-0.3, -0.25) is 0 Å². The summed E-state index contributed by atoms with van der Waals surface area (Å²) in [5, 5.41) is 0. The molecule has 1 fully saturated rings. The van der Waals surface area contributed by atoms with E-state index < -0.39 is 0 Å². The first-order valence-corrected chi connectivity index (χ1v) is 7.22. The van der Waals surface area contributed by atoms with E-state index in [0.717, 1.165) is 19.3 Å². The second-order valence-electron chi connectivity index (χ2n) is 5.51. The smallest absolute Gasteiger partial charge is 0.0865 e. The van der Waals surface area contributed by atoms with Gasteiger partial charge in [0.05, 0.1) is 12.2 Å². The van der Waals surface area contributed by atoms with Gasteiger partial charge in [-0.15, -0.1) is 0 Å². The van der Waals surface area contributed by atoms with Crippen LogP contribution in [0.25, 0.3) is 0 Å². The number of benzene rings is 2. The summed E-state index contributed by atoms with van der Waals surface area (Å²) in [7, 11) is 0. The van der Waals surface area contributed by atoms with Crippen LogP contribution in [0.5, 0.6) is 0 Å². The van der Waals surface area contributed by atoms with E-state index in [1.807, 2.05) is 6.07 Å². The Balaban J connectivity index is 1.72.